The minimum atomic E-state index is 0.846. The number of thiophene rings is 1. The van der Waals surface area contributed by atoms with E-state index in [0.29, 0.717) is 0 Å². The van der Waals surface area contributed by atoms with Crippen LogP contribution in [0.15, 0.2) is 506 Å². The predicted molar refractivity (Wildman–Crippen MR) is 621 cm³/mol. The molecule has 0 aliphatic rings. The average Bonchev–Trinajstić information content (AvgIpc) is 1.54. The number of nitrogens with zero attached hydrogens (tertiary/aromatic N) is 10. The zero-order chi connectivity index (χ0) is 97.6. The Hall–Kier alpha value is -19.9. The van der Waals surface area contributed by atoms with Crippen molar-refractivity contribution in [3.63, 3.8) is 0 Å². The standard InChI is InChI=1S/2C50H30N4O.C36H22N2S/c1-3-14-31(15-4-1)48-49(52-41-23-10-9-22-40(41)51-48)32-16-13-19-34(28-32)54-43-27-26-37-36-21-8-12-25-46(36)55-50(37)47(43)39-29-38-35-20-7-11-24-42(35)53(44(38)30-45(39)54)33-17-5-2-6-18-33;1-3-13-31(14-4-1)48-49(52-41-20-10-9-19-40(41)51-48)32-23-25-34(26-24-32)53-42-21-11-7-17-35(42)38-29-39-45(30-44(38)53)54(33-15-5-2-6-16-33)43-28-27-37-36-18-8-12-22-46(36)55-50(37)47(39)43;1-3-11-23(12-4-1)37-30-17-9-7-15-25(30)28-21-29-33(22-32(28)37)38(24-13-5-2-6-14-24)31-20-19-27-26-16-8-10-18-34(26)39-36(27)35(29)31/h2*1-30H;1-22H. The topological polar surface area (TPSA) is 107 Å². The third-order valence-corrected chi connectivity index (χ3v) is 31.5. The Balaban J connectivity index is 0.000000102. The number of para-hydroxylation sites is 13. The molecule has 33 rings (SSSR count). The highest BCUT2D eigenvalue weighted by Crippen LogP contribution is 2.51. The molecule has 0 unspecified atom stereocenters. The van der Waals surface area contributed by atoms with Crippen LogP contribution in [-0.4, -0.2) is 47.3 Å². The van der Waals surface area contributed by atoms with E-state index in [1.165, 1.54) is 102 Å². The van der Waals surface area contributed by atoms with Crippen LogP contribution in [0.2, 0.25) is 0 Å². The highest BCUT2D eigenvalue weighted by atomic mass is 32.1. The number of fused-ring (bicyclic) bond motifs is 32. The molecule has 0 atom stereocenters. The third kappa shape index (κ3) is 13.1. The summed E-state index contributed by atoms with van der Waals surface area (Å²) in [6, 6.07) is 177. The summed E-state index contributed by atoms with van der Waals surface area (Å²) in [5, 5.41) is 21.7. The third-order valence-electron chi connectivity index (χ3n) is 30.3. The maximum absolute atomic E-state index is 6.76. The van der Waals surface area contributed by atoms with Gasteiger partial charge in [-0.05, 0) is 200 Å². The Morgan fingerprint density at radius 3 is 0.866 bits per heavy atom. The molecule has 22 aromatic carbocycles. The second kappa shape index (κ2) is 33.4. The number of furan rings is 2. The van der Waals surface area contributed by atoms with Gasteiger partial charge < -0.3 is 36.2 Å². The Morgan fingerprint density at radius 2 is 0.450 bits per heavy atom. The summed E-state index contributed by atoms with van der Waals surface area (Å²) in [5.74, 6) is 0. The first-order valence-electron chi connectivity index (χ1n) is 50.5. The molecule has 11 heterocycles. The average molecular weight is 1920 g/mol. The van der Waals surface area contributed by atoms with Crippen LogP contribution >= 0.6 is 11.3 Å². The summed E-state index contributed by atoms with van der Waals surface area (Å²) in [5.41, 5.74) is 35.3. The fraction of sp³-hybridized carbons (Fsp3) is 0. The molecule has 13 heteroatoms. The van der Waals surface area contributed by atoms with Crippen LogP contribution in [0.25, 0.3) is 296 Å². The fourth-order valence-corrected chi connectivity index (χ4v) is 25.0. The van der Waals surface area contributed by atoms with Gasteiger partial charge in [-0.3, -0.25) is 0 Å². The molecule has 11 aromatic heterocycles. The van der Waals surface area contributed by atoms with E-state index in [-0.39, 0.29) is 0 Å². The lowest BCUT2D eigenvalue weighted by Gasteiger charge is -2.13. The maximum Gasteiger partial charge on any atom is 0.145 e. The molecule has 0 radical (unpaired) electrons. The van der Waals surface area contributed by atoms with Crippen molar-refractivity contribution in [2.45, 2.75) is 0 Å². The molecule has 0 N–H and O–H groups in total. The van der Waals surface area contributed by atoms with Crippen molar-refractivity contribution < 1.29 is 8.83 Å². The second-order valence-corrected chi connectivity index (χ2v) is 39.6. The zero-order valence-electron chi connectivity index (χ0n) is 80.0. The van der Waals surface area contributed by atoms with E-state index < -0.39 is 0 Å². The van der Waals surface area contributed by atoms with Crippen LogP contribution < -0.4 is 0 Å². The fourth-order valence-electron chi connectivity index (χ4n) is 23.8. The Morgan fingerprint density at radius 1 is 0.161 bits per heavy atom. The van der Waals surface area contributed by atoms with Crippen molar-refractivity contribution in [1.29, 1.82) is 0 Å². The normalized spacial score (nSPS) is 12.0. The van der Waals surface area contributed by atoms with Crippen molar-refractivity contribution in [3.8, 4) is 79.2 Å². The molecule has 0 saturated heterocycles. The minimum absolute atomic E-state index is 0.846. The number of hydrogen-bond donors (Lipinski definition) is 0. The van der Waals surface area contributed by atoms with Gasteiger partial charge in [0.15, 0.2) is 0 Å². The minimum Gasteiger partial charge on any atom is -0.455 e. The molecule has 12 nitrogen and oxygen atoms in total. The molecule has 0 bridgehead atoms. The van der Waals surface area contributed by atoms with Crippen LogP contribution in [-0.2, 0) is 0 Å². The molecule has 0 aliphatic carbocycles. The number of hydrogen-bond acceptors (Lipinski definition) is 7. The molecule has 0 fully saturated rings. The zero-order valence-corrected chi connectivity index (χ0v) is 80.9. The molecule has 0 aliphatic heterocycles. The summed E-state index contributed by atoms with van der Waals surface area (Å²) < 4.78 is 30.5. The van der Waals surface area contributed by atoms with E-state index in [1.54, 1.807) is 0 Å². The van der Waals surface area contributed by atoms with Crippen molar-refractivity contribution in [2.24, 2.45) is 0 Å². The van der Waals surface area contributed by atoms with Gasteiger partial charge in [-0.1, -0.05) is 297 Å². The highest BCUT2D eigenvalue weighted by molar-refractivity contribution is 7.26. The van der Waals surface area contributed by atoms with E-state index in [9.17, 15) is 0 Å². The molecular formula is C136H82N10O2S. The highest BCUT2D eigenvalue weighted by Gasteiger charge is 2.29. The first-order valence-corrected chi connectivity index (χ1v) is 51.3. The summed E-state index contributed by atoms with van der Waals surface area (Å²) in [6.45, 7) is 0. The number of rotatable bonds is 10. The molecule has 0 amide bonds. The lowest BCUT2D eigenvalue weighted by molar-refractivity contribution is 0.672. The van der Waals surface area contributed by atoms with Gasteiger partial charge in [-0.15, -0.1) is 11.3 Å². The number of benzene rings is 22. The van der Waals surface area contributed by atoms with E-state index in [4.69, 9.17) is 28.8 Å². The van der Waals surface area contributed by atoms with Gasteiger partial charge in [0.2, 0.25) is 0 Å². The van der Waals surface area contributed by atoms with E-state index in [0.717, 1.165) is 194 Å². The Bertz CT molecular complexity index is 11300. The monoisotopic (exact) mass is 1920 g/mol. The van der Waals surface area contributed by atoms with Crippen molar-refractivity contribution >= 4 is 228 Å². The largest absolute Gasteiger partial charge is 0.455 e. The van der Waals surface area contributed by atoms with Gasteiger partial charge in [0.1, 0.15) is 22.3 Å². The van der Waals surface area contributed by atoms with Crippen LogP contribution in [0.5, 0.6) is 0 Å². The van der Waals surface area contributed by atoms with Gasteiger partial charge in [-0.2, -0.15) is 0 Å². The molecule has 0 saturated carbocycles. The molecule has 149 heavy (non-hydrogen) atoms. The van der Waals surface area contributed by atoms with Crippen molar-refractivity contribution in [2.75, 3.05) is 0 Å². The van der Waals surface area contributed by atoms with Crippen LogP contribution in [0, 0.1) is 0 Å². The van der Waals surface area contributed by atoms with E-state index >= 15 is 0 Å². The van der Waals surface area contributed by atoms with E-state index in [1.807, 2.05) is 84.1 Å². The van der Waals surface area contributed by atoms with Gasteiger partial charge >= 0.3 is 0 Å². The van der Waals surface area contributed by atoms with E-state index in [2.05, 4.69) is 452 Å². The second-order valence-electron chi connectivity index (χ2n) is 38.5. The van der Waals surface area contributed by atoms with Gasteiger partial charge in [0.25, 0.3) is 0 Å². The first-order chi connectivity index (χ1) is 73.9. The van der Waals surface area contributed by atoms with Gasteiger partial charge in [-0.25, -0.2) is 19.9 Å². The quantitative estimate of drug-likeness (QED) is 0.135. The lowest BCUT2D eigenvalue weighted by Crippen LogP contribution is -1.98. The smallest absolute Gasteiger partial charge is 0.145 e. The SMILES string of the molecule is c1ccc(-c2nc3ccccc3nc2-c2ccc(-n3c4ccccc4c4cc5c6c7oc8ccccc8c7ccc6n(-c6ccccc6)c5cc43)cc2)cc1.c1ccc(-c2nc3ccccc3nc2-c2cccc(-n3c4cc5c(cc4c4c6oc7ccccc7c6ccc43)c3ccccc3n5-c3ccccc3)c2)cc1.c1ccc(-n2c3ccccc3c3cc4c5c6sc7ccccc7c6ccc5n(-c5ccccc5)c4cc32)cc1. The first kappa shape index (κ1) is 83.7. The number of aromatic nitrogens is 10. The van der Waals surface area contributed by atoms with Crippen LogP contribution in [0.4, 0.5) is 0 Å². The molecule has 0 spiro atoms. The Kier molecular flexibility index (Phi) is 18.8. The summed E-state index contributed by atoms with van der Waals surface area (Å²) in [6.07, 6.45) is 0. The summed E-state index contributed by atoms with van der Waals surface area (Å²) in [7, 11) is 0. The summed E-state index contributed by atoms with van der Waals surface area (Å²) in [4.78, 5) is 20.7. The van der Waals surface area contributed by atoms with Crippen molar-refractivity contribution in [3.05, 3.63) is 497 Å². The van der Waals surface area contributed by atoms with Crippen LogP contribution in [0.3, 0.4) is 0 Å². The molecular weight excluding hydrogens is 1840 g/mol. The van der Waals surface area contributed by atoms with Gasteiger partial charge in [0, 0.05) is 152 Å². The lowest BCUT2D eigenvalue weighted by atomic mass is 10.0. The molecule has 694 valence electrons. The van der Waals surface area contributed by atoms with Crippen molar-refractivity contribution in [1.82, 2.24) is 47.3 Å². The maximum atomic E-state index is 6.76. The Labute approximate surface area is 854 Å². The summed E-state index contributed by atoms with van der Waals surface area (Å²) >= 11 is 1.91. The van der Waals surface area contributed by atoms with Crippen LogP contribution in [0.1, 0.15) is 0 Å². The predicted octanol–water partition coefficient (Wildman–Crippen LogP) is 36.4. The van der Waals surface area contributed by atoms with Gasteiger partial charge in [0.05, 0.1) is 122 Å². The molecule has 33 aromatic rings.